The molecule has 0 aliphatic heterocycles. The van der Waals surface area contributed by atoms with Gasteiger partial charge in [0.15, 0.2) is 0 Å². The van der Waals surface area contributed by atoms with Crippen molar-refractivity contribution in [3.05, 3.63) is 59.7 Å². The van der Waals surface area contributed by atoms with Crippen molar-refractivity contribution in [3.63, 3.8) is 0 Å². The van der Waals surface area contributed by atoms with Gasteiger partial charge in [0.05, 0.1) is 19.6 Å². The third-order valence-corrected chi connectivity index (χ3v) is 3.01. The molecule has 0 bridgehead atoms. The van der Waals surface area contributed by atoms with Crippen molar-refractivity contribution in [2.75, 3.05) is 11.9 Å². The molecule has 110 valence electrons. The maximum atomic E-state index is 11.8. The number of hydrogen-bond acceptors (Lipinski definition) is 3. The number of carbonyl (C=O) groups is 1. The van der Waals surface area contributed by atoms with Crippen LogP contribution in [0.5, 0.6) is 5.75 Å². The molecule has 0 aliphatic carbocycles. The Morgan fingerprint density at radius 2 is 1.95 bits per heavy atom. The molecule has 0 fully saturated rings. The first-order valence-electron chi connectivity index (χ1n) is 6.86. The largest absolute Gasteiger partial charge is 0.493 e. The van der Waals surface area contributed by atoms with Gasteiger partial charge in [-0.05, 0) is 36.8 Å². The average molecular weight is 285 g/mol. The fourth-order valence-electron chi connectivity index (χ4n) is 1.87. The second-order valence-corrected chi connectivity index (χ2v) is 4.82. The first kappa shape index (κ1) is 15.1. The van der Waals surface area contributed by atoms with Crippen molar-refractivity contribution in [1.82, 2.24) is 0 Å². The molecule has 0 aliphatic rings. The van der Waals surface area contributed by atoms with Crippen LogP contribution in [-0.2, 0) is 11.4 Å². The second kappa shape index (κ2) is 7.45. The maximum absolute atomic E-state index is 11.8. The number of aliphatic hydroxyl groups excluding tert-OH is 1. The summed E-state index contributed by atoms with van der Waals surface area (Å²) < 4.78 is 5.51. The number of amides is 1. The van der Waals surface area contributed by atoms with E-state index < -0.39 is 0 Å². The van der Waals surface area contributed by atoms with E-state index in [0.29, 0.717) is 12.3 Å². The van der Waals surface area contributed by atoms with Gasteiger partial charge in [-0.3, -0.25) is 4.79 Å². The zero-order valence-corrected chi connectivity index (χ0v) is 12.0. The molecule has 1 amide bonds. The van der Waals surface area contributed by atoms with Crippen LogP contribution in [0.2, 0.25) is 0 Å². The molecule has 2 aromatic carbocycles. The van der Waals surface area contributed by atoms with Gasteiger partial charge >= 0.3 is 0 Å². The van der Waals surface area contributed by atoms with Crippen LogP contribution in [-0.4, -0.2) is 17.6 Å². The quantitative estimate of drug-likeness (QED) is 0.858. The molecule has 0 aromatic heterocycles. The molecule has 21 heavy (non-hydrogen) atoms. The van der Waals surface area contributed by atoms with Gasteiger partial charge in [-0.15, -0.1) is 0 Å². The minimum atomic E-state index is -0.114. The molecule has 0 heterocycles. The molecule has 0 atom stereocenters. The van der Waals surface area contributed by atoms with Crippen molar-refractivity contribution in [1.29, 1.82) is 0 Å². The SMILES string of the molecule is Cc1ccc(OCCC(=O)Nc2cccc(CO)c2)cc1. The molecular formula is C17H19NO3. The minimum absolute atomic E-state index is 0.0414. The van der Waals surface area contributed by atoms with Gasteiger partial charge < -0.3 is 15.2 Å². The van der Waals surface area contributed by atoms with Gasteiger partial charge in [0.2, 0.25) is 5.91 Å². The molecule has 0 unspecified atom stereocenters. The highest BCUT2D eigenvalue weighted by atomic mass is 16.5. The van der Waals surface area contributed by atoms with E-state index >= 15 is 0 Å². The van der Waals surface area contributed by atoms with Gasteiger partial charge in [-0.25, -0.2) is 0 Å². The van der Waals surface area contributed by atoms with Crippen LogP contribution in [0.15, 0.2) is 48.5 Å². The Morgan fingerprint density at radius 1 is 1.19 bits per heavy atom. The Hall–Kier alpha value is -2.33. The Kier molecular flexibility index (Phi) is 5.35. The molecule has 0 spiro atoms. The summed E-state index contributed by atoms with van der Waals surface area (Å²) in [7, 11) is 0. The molecule has 2 N–H and O–H groups in total. The molecule has 4 nitrogen and oxygen atoms in total. The van der Waals surface area contributed by atoms with Crippen LogP contribution >= 0.6 is 0 Å². The first-order chi connectivity index (χ1) is 10.2. The van der Waals surface area contributed by atoms with E-state index in [0.717, 1.165) is 11.3 Å². The fraction of sp³-hybridized carbons (Fsp3) is 0.235. The number of anilines is 1. The van der Waals surface area contributed by atoms with E-state index in [9.17, 15) is 4.79 Å². The van der Waals surface area contributed by atoms with Gasteiger partial charge in [0.25, 0.3) is 0 Å². The third kappa shape index (κ3) is 4.93. The molecule has 0 radical (unpaired) electrons. The number of hydrogen-bond donors (Lipinski definition) is 2. The molecule has 2 rings (SSSR count). The van der Waals surface area contributed by atoms with Crippen molar-refractivity contribution in [3.8, 4) is 5.75 Å². The van der Waals surface area contributed by atoms with Crippen molar-refractivity contribution in [2.24, 2.45) is 0 Å². The lowest BCUT2D eigenvalue weighted by molar-refractivity contribution is -0.116. The van der Waals surface area contributed by atoms with Crippen LogP contribution in [0.1, 0.15) is 17.5 Å². The van der Waals surface area contributed by atoms with Crippen molar-refractivity contribution in [2.45, 2.75) is 20.0 Å². The normalized spacial score (nSPS) is 10.2. The van der Waals surface area contributed by atoms with Gasteiger partial charge in [-0.2, -0.15) is 0 Å². The van der Waals surface area contributed by atoms with Gasteiger partial charge in [-0.1, -0.05) is 29.8 Å². The summed E-state index contributed by atoms with van der Waals surface area (Å²) >= 11 is 0. The predicted octanol–water partition coefficient (Wildman–Crippen LogP) is 2.89. The smallest absolute Gasteiger partial charge is 0.227 e. The van der Waals surface area contributed by atoms with Crippen LogP contribution < -0.4 is 10.1 Å². The summed E-state index contributed by atoms with van der Waals surface area (Å²) in [5, 5.41) is 11.8. The zero-order chi connectivity index (χ0) is 15.1. The summed E-state index contributed by atoms with van der Waals surface area (Å²) in [6.45, 7) is 2.30. The lowest BCUT2D eigenvalue weighted by Gasteiger charge is -2.08. The van der Waals surface area contributed by atoms with E-state index in [4.69, 9.17) is 9.84 Å². The van der Waals surface area contributed by atoms with Gasteiger partial charge in [0, 0.05) is 5.69 Å². The van der Waals surface area contributed by atoms with Crippen LogP contribution in [0, 0.1) is 6.92 Å². The third-order valence-electron chi connectivity index (χ3n) is 3.01. The summed E-state index contributed by atoms with van der Waals surface area (Å²) in [5.74, 6) is 0.646. The Balaban J connectivity index is 1.78. The number of carbonyl (C=O) groups excluding carboxylic acids is 1. The van der Waals surface area contributed by atoms with Crippen LogP contribution in [0.25, 0.3) is 0 Å². The minimum Gasteiger partial charge on any atom is -0.493 e. The summed E-state index contributed by atoms with van der Waals surface area (Å²) in [5.41, 5.74) is 2.62. The zero-order valence-electron chi connectivity index (χ0n) is 12.0. The van der Waals surface area contributed by atoms with Crippen LogP contribution in [0.3, 0.4) is 0 Å². The van der Waals surface area contributed by atoms with E-state index in [-0.39, 0.29) is 18.9 Å². The Morgan fingerprint density at radius 3 is 2.67 bits per heavy atom. The number of ether oxygens (including phenoxy) is 1. The number of aliphatic hydroxyl groups is 1. The summed E-state index contributed by atoms with van der Waals surface area (Å²) in [4.78, 5) is 11.8. The predicted molar refractivity (Wildman–Crippen MR) is 82.3 cm³/mol. The lowest BCUT2D eigenvalue weighted by atomic mass is 10.2. The average Bonchev–Trinajstić information content (AvgIpc) is 2.49. The van der Waals surface area contributed by atoms with Crippen molar-refractivity contribution < 1.29 is 14.6 Å². The molecule has 0 saturated carbocycles. The van der Waals surface area contributed by atoms with E-state index in [2.05, 4.69) is 5.32 Å². The van der Waals surface area contributed by atoms with Gasteiger partial charge in [0.1, 0.15) is 5.75 Å². The summed E-state index contributed by atoms with van der Waals surface area (Å²) in [6, 6.07) is 14.8. The topological polar surface area (TPSA) is 58.6 Å². The molecule has 2 aromatic rings. The maximum Gasteiger partial charge on any atom is 0.227 e. The Bertz CT molecular complexity index is 593. The second-order valence-electron chi connectivity index (χ2n) is 4.82. The van der Waals surface area contributed by atoms with E-state index in [1.165, 1.54) is 5.56 Å². The highest BCUT2D eigenvalue weighted by Gasteiger charge is 2.03. The fourth-order valence-corrected chi connectivity index (χ4v) is 1.87. The molecule has 0 saturated heterocycles. The first-order valence-corrected chi connectivity index (χ1v) is 6.86. The lowest BCUT2D eigenvalue weighted by Crippen LogP contribution is -2.15. The number of benzene rings is 2. The highest BCUT2D eigenvalue weighted by molar-refractivity contribution is 5.90. The molecular weight excluding hydrogens is 266 g/mol. The monoisotopic (exact) mass is 285 g/mol. The highest BCUT2D eigenvalue weighted by Crippen LogP contribution is 2.13. The van der Waals surface area contributed by atoms with E-state index in [1.54, 1.807) is 24.3 Å². The Labute approximate surface area is 124 Å². The van der Waals surface area contributed by atoms with Crippen molar-refractivity contribution >= 4 is 11.6 Å². The molecule has 4 heteroatoms. The number of rotatable bonds is 6. The summed E-state index contributed by atoms with van der Waals surface area (Å²) in [6.07, 6.45) is 0.275. The number of aryl methyl sites for hydroxylation is 1. The standard InChI is InChI=1S/C17H19NO3/c1-13-5-7-16(8-6-13)21-10-9-17(20)18-15-4-2-3-14(11-15)12-19/h2-8,11,19H,9-10,12H2,1H3,(H,18,20). The van der Waals surface area contributed by atoms with Crippen LogP contribution in [0.4, 0.5) is 5.69 Å². The number of nitrogens with one attached hydrogen (secondary N) is 1. The van der Waals surface area contributed by atoms with E-state index in [1.807, 2.05) is 31.2 Å².